The summed E-state index contributed by atoms with van der Waals surface area (Å²) in [5, 5.41) is 12.0. The summed E-state index contributed by atoms with van der Waals surface area (Å²) in [6.45, 7) is 3.94. The van der Waals surface area contributed by atoms with Crippen LogP contribution in [0.15, 0.2) is 72.8 Å². The molecule has 4 aromatic rings. The van der Waals surface area contributed by atoms with Crippen LogP contribution in [0.1, 0.15) is 34.1 Å². The minimum Gasteiger partial charge on any atom is -0.505 e. The van der Waals surface area contributed by atoms with Crippen molar-refractivity contribution in [3.63, 3.8) is 0 Å². The number of aromatic hydroxyl groups is 1. The van der Waals surface area contributed by atoms with Crippen molar-refractivity contribution in [2.45, 2.75) is 26.2 Å². The van der Waals surface area contributed by atoms with Crippen LogP contribution < -0.4 is 0 Å². The maximum absolute atomic E-state index is 11.1. The maximum Gasteiger partial charge on any atom is 0.145 e. The van der Waals surface area contributed by atoms with E-state index in [2.05, 4.69) is 22.1 Å². The summed E-state index contributed by atoms with van der Waals surface area (Å²) in [5.74, 6) is 0.268. The molecule has 27 heavy (non-hydrogen) atoms. The number of rotatable bonds is 4. The Kier molecular flexibility index (Phi) is 4.59. The van der Waals surface area contributed by atoms with Gasteiger partial charge in [-0.1, -0.05) is 54.6 Å². The molecule has 0 aliphatic heterocycles. The Morgan fingerprint density at radius 2 is 1.52 bits per heavy atom. The Morgan fingerprint density at radius 1 is 0.778 bits per heavy atom. The van der Waals surface area contributed by atoms with Crippen molar-refractivity contribution in [2.75, 3.05) is 0 Å². The molecule has 1 unspecified atom stereocenters. The average Bonchev–Trinajstić information content (AvgIpc) is 2.68. The number of pyridine rings is 2. The van der Waals surface area contributed by atoms with Crippen molar-refractivity contribution in [2.24, 2.45) is 0 Å². The molecule has 3 heteroatoms. The van der Waals surface area contributed by atoms with E-state index < -0.39 is 0 Å². The molecular weight excluding hydrogens is 332 g/mol. The van der Waals surface area contributed by atoms with E-state index in [1.807, 2.05) is 74.5 Å². The number of phenolic OH excluding ortho intramolecular Hbond substituents is 1. The number of fused-ring (bicyclic) bond motifs is 1. The van der Waals surface area contributed by atoms with Crippen molar-refractivity contribution in [1.82, 2.24) is 9.97 Å². The predicted octanol–water partition coefficient (Wildman–Crippen LogP) is 5.33. The molecule has 0 radical (unpaired) electrons. The second-order valence-electron chi connectivity index (χ2n) is 6.97. The molecule has 0 spiro atoms. The summed E-state index contributed by atoms with van der Waals surface area (Å²) in [6.07, 6.45) is 0.719. The van der Waals surface area contributed by atoms with Crippen molar-refractivity contribution >= 4 is 10.9 Å². The molecule has 4 rings (SSSR count). The van der Waals surface area contributed by atoms with Gasteiger partial charge in [-0.2, -0.15) is 0 Å². The highest BCUT2D eigenvalue weighted by atomic mass is 16.3. The number of nitrogens with zero attached hydrogens (tertiary/aromatic N) is 2. The normalized spacial score (nSPS) is 12.2. The van der Waals surface area contributed by atoms with Gasteiger partial charge >= 0.3 is 0 Å². The van der Waals surface area contributed by atoms with E-state index >= 15 is 0 Å². The van der Waals surface area contributed by atoms with Gasteiger partial charge in [-0.15, -0.1) is 0 Å². The van der Waals surface area contributed by atoms with Crippen molar-refractivity contribution < 1.29 is 5.11 Å². The number of benzene rings is 2. The fourth-order valence-corrected chi connectivity index (χ4v) is 3.58. The molecule has 1 N–H and O–H groups in total. The van der Waals surface area contributed by atoms with Gasteiger partial charge in [0.05, 0.1) is 0 Å². The Bertz CT molecular complexity index is 1090. The molecule has 0 saturated carbocycles. The van der Waals surface area contributed by atoms with Crippen LogP contribution >= 0.6 is 0 Å². The summed E-state index contributed by atoms with van der Waals surface area (Å²) >= 11 is 0. The number of phenols is 1. The van der Waals surface area contributed by atoms with Crippen LogP contribution in [0, 0.1) is 13.8 Å². The van der Waals surface area contributed by atoms with Gasteiger partial charge in [0.1, 0.15) is 11.3 Å². The fourth-order valence-electron chi connectivity index (χ4n) is 3.58. The van der Waals surface area contributed by atoms with E-state index in [9.17, 15) is 5.11 Å². The van der Waals surface area contributed by atoms with E-state index in [4.69, 9.17) is 0 Å². The fraction of sp³-hybridized carbons (Fsp3) is 0.167. The second-order valence-corrected chi connectivity index (χ2v) is 6.97. The lowest BCUT2D eigenvalue weighted by atomic mass is 9.86. The summed E-state index contributed by atoms with van der Waals surface area (Å²) in [7, 11) is 0. The number of aryl methyl sites for hydroxylation is 2. The van der Waals surface area contributed by atoms with Gasteiger partial charge in [-0.05, 0) is 37.6 Å². The molecule has 3 nitrogen and oxygen atoms in total. The van der Waals surface area contributed by atoms with Gasteiger partial charge < -0.3 is 5.11 Å². The second kappa shape index (κ2) is 7.20. The molecule has 2 heterocycles. The molecule has 0 bridgehead atoms. The smallest absolute Gasteiger partial charge is 0.145 e. The lowest BCUT2D eigenvalue weighted by molar-refractivity contribution is 0.469. The quantitative estimate of drug-likeness (QED) is 0.539. The standard InChI is InChI=1S/C24H22N2O/c1-16-7-6-10-20(25-16)15-22(18-8-4-3-5-9-18)21-14-13-19-12-11-17(2)26-23(19)24(21)27/h3-14,22,27H,15H2,1-2H3. The van der Waals surface area contributed by atoms with Crippen LogP contribution in [0.5, 0.6) is 5.75 Å². The largest absolute Gasteiger partial charge is 0.505 e. The molecule has 0 saturated heterocycles. The first-order valence-corrected chi connectivity index (χ1v) is 9.18. The molecular formula is C24H22N2O. The Hall–Kier alpha value is -3.20. The van der Waals surface area contributed by atoms with Gasteiger partial charge in [0.25, 0.3) is 0 Å². The topological polar surface area (TPSA) is 46.0 Å². The van der Waals surface area contributed by atoms with E-state index in [1.54, 1.807) is 0 Å². The zero-order chi connectivity index (χ0) is 18.8. The van der Waals surface area contributed by atoms with Gasteiger partial charge in [0, 0.05) is 40.4 Å². The molecule has 134 valence electrons. The highest BCUT2D eigenvalue weighted by Gasteiger charge is 2.21. The Morgan fingerprint density at radius 3 is 2.30 bits per heavy atom. The molecule has 0 fully saturated rings. The van der Waals surface area contributed by atoms with E-state index in [-0.39, 0.29) is 11.7 Å². The van der Waals surface area contributed by atoms with E-state index in [0.29, 0.717) is 5.52 Å². The summed E-state index contributed by atoms with van der Waals surface area (Å²) in [5.41, 5.74) is 5.61. The van der Waals surface area contributed by atoms with E-state index in [0.717, 1.165) is 40.0 Å². The first-order valence-electron chi connectivity index (χ1n) is 9.18. The predicted molar refractivity (Wildman–Crippen MR) is 109 cm³/mol. The third-order valence-electron chi connectivity index (χ3n) is 4.94. The molecule has 2 aromatic carbocycles. The first kappa shape index (κ1) is 17.2. The molecule has 0 aliphatic carbocycles. The Labute approximate surface area is 159 Å². The van der Waals surface area contributed by atoms with Gasteiger partial charge in [0.2, 0.25) is 0 Å². The highest BCUT2D eigenvalue weighted by Crippen LogP contribution is 2.37. The first-order chi connectivity index (χ1) is 13.1. The lowest BCUT2D eigenvalue weighted by Crippen LogP contribution is -2.07. The average molecular weight is 354 g/mol. The third kappa shape index (κ3) is 3.54. The molecule has 0 aliphatic rings. The summed E-state index contributed by atoms with van der Waals surface area (Å²) in [6, 6.07) is 24.4. The molecule has 0 amide bonds. The number of hydrogen-bond acceptors (Lipinski definition) is 3. The molecule has 1 atom stereocenters. The zero-order valence-electron chi connectivity index (χ0n) is 15.6. The van der Waals surface area contributed by atoms with Gasteiger partial charge in [0.15, 0.2) is 0 Å². The van der Waals surface area contributed by atoms with Crippen molar-refractivity contribution in [3.8, 4) is 5.75 Å². The van der Waals surface area contributed by atoms with Gasteiger partial charge in [-0.25, -0.2) is 4.98 Å². The van der Waals surface area contributed by atoms with Crippen LogP contribution in [0.4, 0.5) is 0 Å². The van der Waals surface area contributed by atoms with Crippen LogP contribution in [0.3, 0.4) is 0 Å². The summed E-state index contributed by atoms with van der Waals surface area (Å²) in [4.78, 5) is 9.24. The molecule has 2 aromatic heterocycles. The van der Waals surface area contributed by atoms with Crippen LogP contribution in [0.2, 0.25) is 0 Å². The van der Waals surface area contributed by atoms with E-state index in [1.165, 1.54) is 0 Å². The highest BCUT2D eigenvalue weighted by molar-refractivity contribution is 5.86. The lowest BCUT2D eigenvalue weighted by Gasteiger charge is -2.20. The summed E-state index contributed by atoms with van der Waals surface area (Å²) < 4.78 is 0. The monoisotopic (exact) mass is 354 g/mol. The zero-order valence-corrected chi connectivity index (χ0v) is 15.6. The number of aromatic nitrogens is 2. The van der Waals surface area contributed by atoms with Crippen molar-refractivity contribution in [3.05, 3.63) is 101 Å². The van der Waals surface area contributed by atoms with Crippen molar-refractivity contribution in [1.29, 1.82) is 0 Å². The van der Waals surface area contributed by atoms with Crippen LogP contribution in [0.25, 0.3) is 10.9 Å². The SMILES string of the molecule is Cc1cccc(CC(c2ccccc2)c2ccc3ccc(C)nc3c2O)n1. The Balaban J connectivity index is 1.86. The van der Waals surface area contributed by atoms with Crippen LogP contribution in [-0.4, -0.2) is 15.1 Å². The minimum atomic E-state index is 0.00668. The van der Waals surface area contributed by atoms with Gasteiger partial charge in [-0.3, -0.25) is 4.98 Å². The maximum atomic E-state index is 11.1. The van der Waals surface area contributed by atoms with Crippen LogP contribution in [-0.2, 0) is 6.42 Å². The minimum absolute atomic E-state index is 0.00668. The number of hydrogen-bond donors (Lipinski definition) is 1. The third-order valence-corrected chi connectivity index (χ3v) is 4.94.